The van der Waals surface area contributed by atoms with Crippen molar-refractivity contribution in [3.05, 3.63) is 42.6 Å². The largest absolute Gasteiger partial charge is 0.398 e. The van der Waals surface area contributed by atoms with Gasteiger partial charge in [-0.15, -0.1) is 0 Å². The monoisotopic (exact) mass is 249 g/mol. The van der Waals surface area contributed by atoms with Crippen LogP contribution in [0.4, 0.5) is 5.69 Å². The maximum absolute atomic E-state index is 11.5. The SMILES string of the molecule is Nc1cccc(-c2ccccn2)c1S(N)(=O)=O. The Morgan fingerprint density at radius 2 is 1.82 bits per heavy atom. The molecule has 0 amide bonds. The van der Waals surface area contributed by atoms with Crippen LogP contribution in [0.2, 0.25) is 0 Å². The predicted octanol–water partition coefficient (Wildman–Crippen LogP) is 0.978. The van der Waals surface area contributed by atoms with Crippen LogP contribution in [-0.2, 0) is 10.0 Å². The van der Waals surface area contributed by atoms with Crippen molar-refractivity contribution in [1.29, 1.82) is 0 Å². The molecule has 17 heavy (non-hydrogen) atoms. The Labute approximate surface area is 99.1 Å². The summed E-state index contributed by atoms with van der Waals surface area (Å²) in [5.41, 5.74) is 6.71. The van der Waals surface area contributed by atoms with Crippen LogP contribution in [0.15, 0.2) is 47.5 Å². The van der Waals surface area contributed by atoms with E-state index in [1.54, 1.807) is 36.5 Å². The lowest BCUT2D eigenvalue weighted by Gasteiger charge is -2.09. The minimum atomic E-state index is -3.88. The summed E-state index contributed by atoms with van der Waals surface area (Å²) in [5, 5.41) is 5.16. The molecule has 0 radical (unpaired) electrons. The fourth-order valence-electron chi connectivity index (χ4n) is 1.60. The van der Waals surface area contributed by atoms with Crippen molar-refractivity contribution in [1.82, 2.24) is 4.98 Å². The molecule has 0 spiro atoms. The van der Waals surface area contributed by atoms with Crippen LogP contribution in [0, 0.1) is 0 Å². The minimum absolute atomic E-state index is 0.0845. The van der Waals surface area contributed by atoms with Gasteiger partial charge in [0.15, 0.2) is 0 Å². The Kier molecular flexibility index (Phi) is 2.83. The summed E-state index contributed by atoms with van der Waals surface area (Å²) in [6, 6.07) is 9.98. The number of rotatable bonds is 2. The molecule has 0 saturated carbocycles. The summed E-state index contributed by atoms with van der Waals surface area (Å²) in [7, 11) is -3.88. The molecule has 0 aliphatic rings. The Hall–Kier alpha value is -1.92. The molecule has 1 heterocycles. The van der Waals surface area contributed by atoms with Crippen LogP contribution in [0.25, 0.3) is 11.3 Å². The lowest BCUT2D eigenvalue weighted by molar-refractivity contribution is 0.598. The first kappa shape index (κ1) is 11.6. The normalized spacial score (nSPS) is 11.4. The maximum Gasteiger partial charge on any atom is 0.240 e. The molecule has 0 saturated heterocycles. The molecule has 0 aliphatic heterocycles. The van der Waals surface area contributed by atoms with Gasteiger partial charge in [0.25, 0.3) is 0 Å². The van der Waals surface area contributed by atoms with E-state index in [1.165, 1.54) is 6.07 Å². The van der Waals surface area contributed by atoms with Crippen LogP contribution in [0.3, 0.4) is 0 Å². The van der Waals surface area contributed by atoms with Gasteiger partial charge in [-0.05, 0) is 18.2 Å². The predicted molar refractivity (Wildman–Crippen MR) is 65.5 cm³/mol. The average Bonchev–Trinajstić information content (AvgIpc) is 2.28. The van der Waals surface area contributed by atoms with Crippen molar-refractivity contribution in [2.45, 2.75) is 4.90 Å². The van der Waals surface area contributed by atoms with E-state index in [-0.39, 0.29) is 10.6 Å². The number of nitrogen functional groups attached to an aromatic ring is 1. The first-order valence-corrected chi connectivity index (χ1v) is 6.37. The fraction of sp³-hybridized carbons (Fsp3) is 0. The van der Waals surface area contributed by atoms with E-state index in [0.717, 1.165) is 0 Å². The molecular formula is C11H11N3O2S. The first-order valence-electron chi connectivity index (χ1n) is 4.83. The highest BCUT2D eigenvalue weighted by Crippen LogP contribution is 2.29. The summed E-state index contributed by atoms with van der Waals surface area (Å²) in [6.45, 7) is 0. The van der Waals surface area contributed by atoms with E-state index in [0.29, 0.717) is 11.3 Å². The number of anilines is 1. The Morgan fingerprint density at radius 3 is 2.41 bits per heavy atom. The molecule has 2 rings (SSSR count). The number of hydrogen-bond acceptors (Lipinski definition) is 4. The van der Waals surface area contributed by atoms with Gasteiger partial charge in [-0.2, -0.15) is 0 Å². The standard InChI is InChI=1S/C11H11N3O2S/c12-9-5-3-4-8(11(9)17(13,15)16)10-6-1-2-7-14-10/h1-7H,12H2,(H2,13,15,16). The van der Waals surface area contributed by atoms with Gasteiger partial charge in [0, 0.05) is 11.8 Å². The molecule has 2 aromatic rings. The molecule has 4 N–H and O–H groups in total. The zero-order valence-corrected chi connectivity index (χ0v) is 9.68. The molecule has 0 unspecified atom stereocenters. The number of nitrogens with two attached hydrogens (primary N) is 2. The van der Waals surface area contributed by atoms with Crippen molar-refractivity contribution in [2.24, 2.45) is 5.14 Å². The number of nitrogens with zero attached hydrogens (tertiary/aromatic N) is 1. The second-order valence-corrected chi connectivity index (χ2v) is 4.98. The Bertz CT molecular complexity index is 639. The number of primary sulfonamides is 1. The number of hydrogen-bond donors (Lipinski definition) is 2. The van der Waals surface area contributed by atoms with Gasteiger partial charge >= 0.3 is 0 Å². The zero-order chi connectivity index (χ0) is 12.5. The minimum Gasteiger partial charge on any atom is -0.398 e. The molecule has 1 aromatic heterocycles. The van der Waals surface area contributed by atoms with Crippen LogP contribution < -0.4 is 10.9 Å². The molecule has 5 nitrogen and oxygen atoms in total. The van der Waals surface area contributed by atoms with Gasteiger partial charge < -0.3 is 5.73 Å². The molecule has 0 fully saturated rings. The van der Waals surface area contributed by atoms with Gasteiger partial charge in [0.2, 0.25) is 10.0 Å². The second-order valence-electron chi connectivity index (χ2n) is 3.48. The summed E-state index contributed by atoms with van der Waals surface area (Å²) < 4.78 is 23.0. The number of pyridine rings is 1. The van der Waals surface area contributed by atoms with E-state index in [9.17, 15) is 8.42 Å². The first-order chi connectivity index (χ1) is 8.00. The van der Waals surface area contributed by atoms with Gasteiger partial charge in [-0.3, -0.25) is 4.98 Å². The topological polar surface area (TPSA) is 99.1 Å². The third-order valence-corrected chi connectivity index (χ3v) is 3.30. The van der Waals surface area contributed by atoms with E-state index in [4.69, 9.17) is 10.9 Å². The zero-order valence-electron chi connectivity index (χ0n) is 8.87. The lowest BCUT2D eigenvalue weighted by Crippen LogP contribution is -2.15. The molecular weight excluding hydrogens is 238 g/mol. The van der Waals surface area contributed by atoms with Gasteiger partial charge in [-0.1, -0.05) is 18.2 Å². The smallest absolute Gasteiger partial charge is 0.240 e. The van der Waals surface area contributed by atoms with E-state index >= 15 is 0 Å². The molecule has 88 valence electrons. The number of aromatic nitrogens is 1. The van der Waals surface area contributed by atoms with Crippen molar-refractivity contribution in [3.63, 3.8) is 0 Å². The quantitative estimate of drug-likeness (QED) is 0.775. The summed E-state index contributed by atoms with van der Waals surface area (Å²) in [4.78, 5) is 4.00. The molecule has 1 aromatic carbocycles. The van der Waals surface area contributed by atoms with Crippen molar-refractivity contribution in [2.75, 3.05) is 5.73 Å². The third kappa shape index (κ3) is 2.27. The summed E-state index contributed by atoms with van der Waals surface area (Å²) in [5.74, 6) is 0. The highest BCUT2D eigenvalue weighted by atomic mass is 32.2. The van der Waals surface area contributed by atoms with Crippen LogP contribution in [0.1, 0.15) is 0 Å². The molecule has 6 heteroatoms. The number of benzene rings is 1. The highest BCUT2D eigenvalue weighted by Gasteiger charge is 2.18. The van der Waals surface area contributed by atoms with Crippen LogP contribution in [0.5, 0.6) is 0 Å². The van der Waals surface area contributed by atoms with Crippen molar-refractivity contribution >= 4 is 15.7 Å². The lowest BCUT2D eigenvalue weighted by atomic mass is 10.1. The molecule has 0 bridgehead atoms. The molecule has 0 atom stereocenters. The fourth-order valence-corrected chi connectivity index (χ4v) is 2.47. The van der Waals surface area contributed by atoms with E-state index < -0.39 is 10.0 Å². The van der Waals surface area contributed by atoms with Gasteiger partial charge in [0.05, 0.1) is 11.4 Å². The maximum atomic E-state index is 11.5. The Balaban J connectivity index is 2.76. The van der Waals surface area contributed by atoms with Gasteiger partial charge in [-0.25, -0.2) is 13.6 Å². The van der Waals surface area contributed by atoms with Crippen molar-refractivity contribution in [3.8, 4) is 11.3 Å². The van der Waals surface area contributed by atoms with Crippen LogP contribution in [-0.4, -0.2) is 13.4 Å². The van der Waals surface area contributed by atoms with Gasteiger partial charge in [0.1, 0.15) is 4.90 Å². The van der Waals surface area contributed by atoms with E-state index in [1.807, 2.05) is 0 Å². The van der Waals surface area contributed by atoms with Crippen molar-refractivity contribution < 1.29 is 8.42 Å². The van der Waals surface area contributed by atoms with E-state index in [2.05, 4.69) is 4.98 Å². The second kappa shape index (κ2) is 4.15. The summed E-state index contributed by atoms with van der Waals surface area (Å²) >= 11 is 0. The highest BCUT2D eigenvalue weighted by molar-refractivity contribution is 7.89. The number of sulfonamides is 1. The third-order valence-electron chi connectivity index (χ3n) is 2.27. The molecule has 0 aliphatic carbocycles. The summed E-state index contributed by atoms with van der Waals surface area (Å²) in [6.07, 6.45) is 1.57. The Morgan fingerprint density at radius 1 is 1.06 bits per heavy atom. The van der Waals surface area contributed by atoms with Crippen LogP contribution >= 0.6 is 0 Å². The average molecular weight is 249 g/mol.